The first-order valence-electron chi connectivity index (χ1n) is 20.7. The fourth-order valence-electron chi connectivity index (χ4n) is 7.50. The Morgan fingerprint density at radius 1 is 0.741 bits per heavy atom. The molecule has 3 aromatic heterocycles. The molecule has 2 aliphatic heterocycles. The molecule has 1 fully saturated rings. The zero-order chi connectivity index (χ0) is 40.9. The van der Waals surface area contributed by atoms with Crippen LogP contribution < -0.4 is 10.9 Å². The molecule has 0 aliphatic carbocycles. The van der Waals surface area contributed by atoms with E-state index >= 15 is 0 Å². The summed E-state index contributed by atoms with van der Waals surface area (Å²) in [5, 5.41) is 8.71. The van der Waals surface area contributed by atoms with Crippen LogP contribution in [-0.2, 0) is 45.2 Å². The van der Waals surface area contributed by atoms with Crippen molar-refractivity contribution in [1.82, 2.24) is 34.9 Å². The van der Waals surface area contributed by atoms with Crippen molar-refractivity contribution in [3.05, 3.63) is 112 Å². The first kappa shape index (κ1) is 41.6. The van der Waals surface area contributed by atoms with Gasteiger partial charge in [-0.25, -0.2) is 4.68 Å². The minimum atomic E-state index is -0.167. The van der Waals surface area contributed by atoms with Crippen LogP contribution >= 0.6 is 0 Å². The van der Waals surface area contributed by atoms with E-state index < -0.39 is 0 Å². The number of carbonyl (C=O) groups is 4. The third kappa shape index (κ3) is 10.5. The molecule has 4 amide bonds. The average Bonchev–Trinajstić information content (AvgIpc) is 3.84. The Kier molecular flexibility index (Phi) is 14.6. The Balaban J connectivity index is 0.00000279. The van der Waals surface area contributed by atoms with E-state index in [2.05, 4.69) is 15.3 Å². The molecule has 7 rings (SSSR count). The first-order chi connectivity index (χ1) is 28.3. The molecule has 58 heavy (non-hydrogen) atoms. The minimum Gasteiger partial charge on any atom is -0.356 e. The lowest BCUT2D eigenvalue weighted by molar-refractivity contribution is -0.138. The molecular formula is C46H53N7O5. The van der Waals surface area contributed by atoms with E-state index in [1.54, 1.807) is 17.1 Å². The number of likely N-dealkylation sites (tertiary alicyclic amines) is 1. The number of hydrogen-bond donors (Lipinski definition) is 1. The van der Waals surface area contributed by atoms with Crippen LogP contribution in [0.4, 0.5) is 0 Å². The fraction of sp³-hybridized carbons (Fsp3) is 0.391. The van der Waals surface area contributed by atoms with Gasteiger partial charge in [0.2, 0.25) is 23.6 Å². The zero-order valence-electron chi connectivity index (χ0n) is 33.6. The molecule has 0 bridgehead atoms. The highest BCUT2D eigenvalue weighted by Gasteiger charge is 2.28. The molecule has 1 saturated heterocycles. The van der Waals surface area contributed by atoms with E-state index in [9.17, 15) is 24.0 Å². The molecule has 0 radical (unpaired) electrons. The van der Waals surface area contributed by atoms with Crippen LogP contribution in [0.1, 0.15) is 94.7 Å². The molecule has 0 unspecified atom stereocenters. The molecular weight excluding hydrogens is 731 g/mol. The van der Waals surface area contributed by atoms with Gasteiger partial charge in [-0.05, 0) is 72.2 Å². The van der Waals surface area contributed by atoms with Gasteiger partial charge >= 0.3 is 0 Å². The first-order valence-corrected chi connectivity index (χ1v) is 20.7. The highest BCUT2D eigenvalue weighted by atomic mass is 16.2. The molecule has 1 N–H and O–H groups in total. The average molecular weight is 784 g/mol. The van der Waals surface area contributed by atoms with Gasteiger partial charge in [-0.2, -0.15) is 5.10 Å². The van der Waals surface area contributed by atoms with Crippen LogP contribution in [0.25, 0.3) is 33.3 Å². The fourth-order valence-corrected chi connectivity index (χ4v) is 7.50. The SMILES string of the molecule is CC.O=C(CCCCCN1C(=O)CCC1=O)NCCCCCCn1nc(-c2ccc(CC(=O)N3Cc4ccncc4C3)cc2)cc(-c2cccc3ncccc23)c1=O. The lowest BCUT2D eigenvalue weighted by Gasteiger charge is -2.16. The molecule has 0 saturated carbocycles. The van der Waals surface area contributed by atoms with Crippen molar-refractivity contribution in [2.75, 3.05) is 13.1 Å². The number of aryl methyl sites for hydroxylation is 1. The summed E-state index contributed by atoms with van der Waals surface area (Å²) in [6.07, 6.45) is 12.2. The number of imide groups is 1. The lowest BCUT2D eigenvalue weighted by Crippen LogP contribution is -2.30. The zero-order valence-corrected chi connectivity index (χ0v) is 33.6. The van der Waals surface area contributed by atoms with Crippen molar-refractivity contribution >= 4 is 34.5 Å². The molecule has 302 valence electrons. The van der Waals surface area contributed by atoms with E-state index in [1.807, 2.05) is 91.7 Å². The van der Waals surface area contributed by atoms with Crippen molar-refractivity contribution in [3.8, 4) is 22.4 Å². The molecule has 0 atom stereocenters. The van der Waals surface area contributed by atoms with Gasteiger partial charge in [0.1, 0.15) is 0 Å². The summed E-state index contributed by atoms with van der Waals surface area (Å²) in [6.45, 7) is 6.65. The Bertz CT molecular complexity index is 2240. The Labute approximate surface area is 339 Å². The monoisotopic (exact) mass is 783 g/mol. The summed E-state index contributed by atoms with van der Waals surface area (Å²) in [6, 6.07) is 21.3. The van der Waals surface area contributed by atoms with Crippen molar-refractivity contribution < 1.29 is 19.2 Å². The second-order valence-corrected chi connectivity index (χ2v) is 14.6. The molecule has 5 heterocycles. The quantitative estimate of drug-likeness (QED) is 0.0782. The third-order valence-corrected chi connectivity index (χ3v) is 10.7. The number of pyridine rings is 2. The van der Waals surface area contributed by atoms with Crippen molar-refractivity contribution in [1.29, 1.82) is 0 Å². The number of hydrogen-bond acceptors (Lipinski definition) is 8. The molecule has 12 nitrogen and oxygen atoms in total. The predicted molar refractivity (Wildman–Crippen MR) is 224 cm³/mol. The maximum atomic E-state index is 14.0. The molecule has 2 aromatic carbocycles. The van der Waals surface area contributed by atoms with Crippen LogP contribution in [0.15, 0.2) is 90.1 Å². The lowest BCUT2D eigenvalue weighted by atomic mass is 9.99. The largest absolute Gasteiger partial charge is 0.356 e. The van der Waals surface area contributed by atoms with Crippen LogP contribution in [0.5, 0.6) is 0 Å². The van der Waals surface area contributed by atoms with Gasteiger partial charge in [0.05, 0.1) is 23.2 Å². The summed E-state index contributed by atoms with van der Waals surface area (Å²) in [5.41, 5.74) is 6.65. The summed E-state index contributed by atoms with van der Waals surface area (Å²) >= 11 is 0. The van der Waals surface area contributed by atoms with Gasteiger partial charge in [-0.15, -0.1) is 0 Å². The Morgan fingerprint density at radius 2 is 1.48 bits per heavy atom. The number of rotatable bonds is 17. The number of aromatic nitrogens is 4. The van der Waals surface area contributed by atoms with Gasteiger partial charge < -0.3 is 10.2 Å². The summed E-state index contributed by atoms with van der Waals surface area (Å²) < 4.78 is 1.56. The topological polar surface area (TPSA) is 147 Å². The third-order valence-electron chi connectivity index (χ3n) is 10.7. The van der Waals surface area contributed by atoms with E-state index in [0.29, 0.717) is 76.1 Å². The second kappa shape index (κ2) is 20.4. The van der Waals surface area contributed by atoms with E-state index in [1.165, 1.54) is 4.90 Å². The molecule has 0 spiro atoms. The highest BCUT2D eigenvalue weighted by molar-refractivity contribution is 6.01. The normalized spacial score (nSPS) is 13.4. The number of fused-ring (bicyclic) bond motifs is 2. The number of unbranched alkanes of at least 4 members (excludes halogenated alkanes) is 5. The minimum absolute atomic E-state index is 0.0111. The van der Waals surface area contributed by atoms with Gasteiger partial charge in [0.25, 0.3) is 5.56 Å². The Morgan fingerprint density at radius 3 is 2.28 bits per heavy atom. The number of benzene rings is 2. The summed E-state index contributed by atoms with van der Waals surface area (Å²) in [5.74, 6) is -0.112. The predicted octanol–water partition coefficient (Wildman–Crippen LogP) is 7.02. The van der Waals surface area contributed by atoms with Crippen molar-refractivity contribution in [2.45, 2.75) is 104 Å². The number of nitrogens with one attached hydrogen (secondary N) is 1. The molecule has 12 heteroatoms. The smallest absolute Gasteiger partial charge is 0.274 e. The number of nitrogens with zero attached hydrogens (tertiary/aromatic N) is 6. The Hall–Kier alpha value is -6.04. The van der Waals surface area contributed by atoms with Gasteiger partial charge in [-0.3, -0.25) is 38.8 Å². The van der Waals surface area contributed by atoms with Crippen molar-refractivity contribution in [3.63, 3.8) is 0 Å². The van der Waals surface area contributed by atoms with E-state index in [-0.39, 0.29) is 29.2 Å². The van der Waals surface area contributed by atoms with Crippen LogP contribution in [0.2, 0.25) is 0 Å². The molecule has 5 aromatic rings. The maximum Gasteiger partial charge on any atom is 0.274 e. The number of carbonyl (C=O) groups excluding carboxylic acids is 4. The van der Waals surface area contributed by atoms with Crippen LogP contribution in [-0.4, -0.2) is 66.3 Å². The summed E-state index contributed by atoms with van der Waals surface area (Å²) in [7, 11) is 0. The molecule has 2 aliphatic rings. The van der Waals surface area contributed by atoms with Crippen LogP contribution in [0.3, 0.4) is 0 Å². The summed E-state index contributed by atoms with van der Waals surface area (Å²) in [4.78, 5) is 74.8. The standard InChI is InChI=1S/C44H47N7O5.C2H6/c52-40(13-4-3-6-24-50-41(53)18-19-42(50)54)47-21-5-1-2-7-25-51-44(56)37(35-10-8-12-38-36(35)11-9-22-46-38)27-39(48-51)32-16-14-31(15-17-32)26-43(55)49-29-33-20-23-45-28-34(33)30-49;1-2/h8-12,14-17,20,22-23,27-28H,1-7,13,18-19,21,24-26,29-30H2,(H,47,52);1-2H3. The number of amides is 4. The van der Waals surface area contributed by atoms with Crippen LogP contribution in [0, 0.1) is 0 Å². The maximum absolute atomic E-state index is 14.0. The second-order valence-electron chi connectivity index (χ2n) is 14.6. The van der Waals surface area contributed by atoms with E-state index in [0.717, 1.165) is 77.2 Å². The van der Waals surface area contributed by atoms with Crippen molar-refractivity contribution in [2.24, 2.45) is 0 Å². The van der Waals surface area contributed by atoms with Gasteiger partial charge in [-0.1, -0.05) is 75.6 Å². The van der Waals surface area contributed by atoms with Gasteiger partial charge in [0, 0.05) is 81.5 Å². The highest BCUT2D eigenvalue weighted by Crippen LogP contribution is 2.29. The van der Waals surface area contributed by atoms with E-state index in [4.69, 9.17) is 5.10 Å². The van der Waals surface area contributed by atoms with Gasteiger partial charge in [0.15, 0.2) is 0 Å².